The molecule has 80 valence electrons. The molecule has 0 radical (unpaired) electrons. The van der Waals surface area contributed by atoms with Crippen molar-refractivity contribution in [2.75, 3.05) is 13.7 Å². The second kappa shape index (κ2) is 3.47. The Morgan fingerprint density at radius 2 is 2.07 bits per heavy atom. The van der Waals surface area contributed by atoms with Crippen LogP contribution in [0.2, 0.25) is 0 Å². The van der Waals surface area contributed by atoms with E-state index in [4.69, 9.17) is 4.74 Å². The molecule has 1 aromatic carbocycles. The summed E-state index contributed by atoms with van der Waals surface area (Å²) in [6.07, 6.45) is 0. The van der Waals surface area contributed by atoms with Gasteiger partial charge in [-0.25, -0.2) is 8.42 Å². The monoisotopic (exact) mass is 224 g/mol. The Balaban J connectivity index is 2.68. The Bertz CT molecular complexity index is 527. The summed E-state index contributed by atoms with van der Waals surface area (Å²) >= 11 is 0. The van der Waals surface area contributed by atoms with Crippen LogP contribution >= 0.6 is 0 Å². The van der Waals surface area contributed by atoms with Crippen molar-refractivity contribution in [3.8, 4) is 0 Å². The number of benzene rings is 1. The Labute approximate surface area is 89.3 Å². The Morgan fingerprint density at radius 1 is 1.33 bits per heavy atom. The van der Waals surface area contributed by atoms with E-state index in [2.05, 4.69) is 0 Å². The summed E-state index contributed by atoms with van der Waals surface area (Å²) in [6.45, 7) is 2.13. The van der Waals surface area contributed by atoms with Gasteiger partial charge in [0.05, 0.1) is 11.5 Å². The van der Waals surface area contributed by atoms with Gasteiger partial charge < -0.3 is 4.74 Å². The van der Waals surface area contributed by atoms with E-state index < -0.39 is 9.84 Å². The molecular formula is C11H12O3S. The van der Waals surface area contributed by atoms with E-state index >= 15 is 0 Å². The fraction of sp³-hybridized carbons (Fsp3) is 0.273. The second-order valence-electron chi connectivity index (χ2n) is 3.57. The van der Waals surface area contributed by atoms with Gasteiger partial charge in [-0.2, -0.15) is 0 Å². The molecule has 0 spiro atoms. The number of rotatable bonds is 2. The van der Waals surface area contributed by atoms with E-state index in [-0.39, 0.29) is 0 Å². The van der Waals surface area contributed by atoms with Crippen molar-refractivity contribution < 1.29 is 13.2 Å². The number of ether oxygens (including phenoxy) is 1. The molecule has 3 nitrogen and oxygen atoms in total. The fourth-order valence-corrected chi connectivity index (χ4v) is 3.57. The molecule has 15 heavy (non-hydrogen) atoms. The third kappa shape index (κ3) is 1.60. The van der Waals surface area contributed by atoms with Crippen molar-refractivity contribution in [3.05, 3.63) is 34.7 Å². The topological polar surface area (TPSA) is 43.4 Å². The van der Waals surface area contributed by atoms with Crippen LogP contribution in [0.15, 0.2) is 28.5 Å². The van der Waals surface area contributed by atoms with Crippen molar-refractivity contribution in [3.63, 3.8) is 0 Å². The molecule has 0 atom stereocenters. The van der Waals surface area contributed by atoms with Crippen LogP contribution in [0.5, 0.6) is 0 Å². The average Bonchev–Trinajstić information content (AvgIpc) is 2.40. The van der Waals surface area contributed by atoms with E-state index in [1.165, 1.54) is 5.41 Å². The molecule has 0 aromatic heterocycles. The highest BCUT2D eigenvalue weighted by molar-refractivity contribution is 7.95. The predicted octanol–water partition coefficient (Wildman–Crippen LogP) is 1.77. The smallest absolute Gasteiger partial charge is 0.201 e. The van der Waals surface area contributed by atoms with Crippen LogP contribution in [0.3, 0.4) is 0 Å². The van der Waals surface area contributed by atoms with E-state index in [1.54, 1.807) is 20.1 Å². The van der Waals surface area contributed by atoms with Gasteiger partial charge in [0, 0.05) is 12.5 Å². The van der Waals surface area contributed by atoms with Crippen molar-refractivity contribution in [1.82, 2.24) is 0 Å². The van der Waals surface area contributed by atoms with Gasteiger partial charge in [0.15, 0.2) is 0 Å². The number of hydrogen-bond donors (Lipinski definition) is 0. The first-order chi connectivity index (χ1) is 7.06. The first kappa shape index (κ1) is 10.4. The highest BCUT2D eigenvalue weighted by Gasteiger charge is 2.27. The van der Waals surface area contributed by atoms with E-state index in [0.717, 1.165) is 16.7 Å². The lowest BCUT2D eigenvalue weighted by atomic mass is 10.1. The molecule has 0 bridgehead atoms. The molecule has 2 rings (SSSR count). The van der Waals surface area contributed by atoms with Gasteiger partial charge in [-0.15, -0.1) is 0 Å². The number of sulfone groups is 1. The summed E-state index contributed by atoms with van der Waals surface area (Å²) in [5, 5.41) is 1.30. The third-order valence-corrected chi connectivity index (χ3v) is 4.15. The molecular weight excluding hydrogens is 212 g/mol. The van der Waals surface area contributed by atoms with Crippen LogP contribution in [0.4, 0.5) is 0 Å². The molecule has 0 N–H and O–H groups in total. The van der Waals surface area contributed by atoms with Crippen LogP contribution in [-0.4, -0.2) is 22.1 Å². The zero-order valence-electron chi connectivity index (χ0n) is 8.65. The summed E-state index contributed by atoms with van der Waals surface area (Å²) in [5.41, 5.74) is 2.29. The van der Waals surface area contributed by atoms with Crippen LogP contribution in [0.1, 0.15) is 11.1 Å². The Morgan fingerprint density at radius 3 is 2.73 bits per heavy atom. The predicted molar refractivity (Wildman–Crippen MR) is 58.2 cm³/mol. The molecule has 0 aliphatic carbocycles. The molecule has 1 heterocycles. The van der Waals surface area contributed by atoms with Gasteiger partial charge in [0.25, 0.3) is 0 Å². The number of hydrogen-bond acceptors (Lipinski definition) is 3. The molecule has 0 saturated heterocycles. The first-order valence-corrected chi connectivity index (χ1v) is 6.15. The SMILES string of the molecule is COCC1=CS(=O)(=O)c2c(C)cccc21. The lowest BCUT2D eigenvalue weighted by Crippen LogP contribution is -1.96. The van der Waals surface area contributed by atoms with Gasteiger partial charge in [0.1, 0.15) is 0 Å². The molecule has 1 aromatic rings. The van der Waals surface area contributed by atoms with Crippen molar-refractivity contribution >= 4 is 15.4 Å². The maximum atomic E-state index is 11.8. The quantitative estimate of drug-likeness (QED) is 0.769. The fourth-order valence-electron chi connectivity index (χ4n) is 1.86. The van der Waals surface area contributed by atoms with Gasteiger partial charge in [0.2, 0.25) is 9.84 Å². The number of fused-ring (bicyclic) bond motifs is 1. The zero-order chi connectivity index (χ0) is 11.1. The molecule has 0 fully saturated rings. The summed E-state index contributed by atoms with van der Waals surface area (Å²) in [7, 11) is -1.69. The maximum Gasteiger partial charge on any atom is 0.201 e. The average molecular weight is 224 g/mol. The Hall–Kier alpha value is -1.13. The van der Waals surface area contributed by atoms with Crippen molar-refractivity contribution in [2.24, 2.45) is 0 Å². The van der Waals surface area contributed by atoms with Crippen LogP contribution < -0.4 is 0 Å². The second-order valence-corrected chi connectivity index (χ2v) is 5.31. The van der Waals surface area contributed by atoms with Crippen molar-refractivity contribution in [1.29, 1.82) is 0 Å². The summed E-state index contributed by atoms with van der Waals surface area (Å²) in [5.74, 6) is 0. The first-order valence-electron chi connectivity index (χ1n) is 4.61. The molecule has 0 saturated carbocycles. The van der Waals surface area contributed by atoms with Crippen LogP contribution in [-0.2, 0) is 14.6 Å². The van der Waals surface area contributed by atoms with Gasteiger partial charge in [-0.05, 0) is 23.6 Å². The number of methoxy groups -OCH3 is 1. The van der Waals surface area contributed by atoms with E-state index in [0.29, 0.717) is 11.5 Å². The molecule has 0 unspecified atom stereocenters. The highest BCUT2D eigenvalue weighted by Crippen LogP contribution is 2.35. The Kier molecular flexibility index (Phi) is 2.40. The van der Waals surface area contributed by atoms with Gasteiger partial charge in [-0.3, -0.25) is 0 Å². The molecule has 1 aliphatic rings. The lowest BCUT2D eigenvalue weighted by molar-refractivity contribution is 0.239. The van der Waals surface area contributed by atoms with Crippen LogP contribution in [0, 0.1) is 6.92 Å². The van der Waals surface area contributed by atoms with E-state index in [1.807, 2.05) is 12.1 Å². The minimum absolute atomic E-state index is 0.329. The zero-order valence-corrected chi connectivity index (χ0v) is 9.47. The molecule has 4 heteroatoms. The maximum absolute atomic E-state index is 11.8. The van der Waals surface area contributed by atoms with Gasteiger partial charge in [-0.1, -0.05) is 18.2 Å². The minimum Gasteiger partial charge on any atom is -0.380 e. The summed E-state index contributed by atoms with van der Waals surface area (Å²) < 4.78 is 28.6. The van der Waals surface area contributed by atoms with Crippen molar-refractivity contribution in [2.45, 2.75) is 11.8 Å². The standard InChI is InChI=1S/C11H12O3S/c1-8-4-3-5-10-9(6-14-2)7-15(12,13)11(8)10/h3-5,7H,6H2,1-2H3. The highest BCUT2D eigenvalue weighted by atomic mass is 32.2. The summed E-state index contributed by atoms with van der Waals surface area (Å²) in [4.78, 5) is 0.428. The molecule has 1 aliphatic heterocycles. The van der Waals surface area contributed by atoms with E-state index in [9.17, 15) is 8.42 Å². The largest absolute Gasteiger partial charge is 0.380 e. The third-order valence-electron chi connectivity index (χ3n) is 2.44. The number of aryl methyl sites for hydroxylation is 1. The summed E-state index contributed by atoms with van der Waals surface area (Å²) in [6, 6.07) is 5.48. The normalized spacial score (nSPS) is 17.3. The van der Waals surface area contributed by atoms with Crippen LogP contribution in [0.25, 0.3) is 5.57 Å². The van der Waals surface area contributed by atoms with Gasteiger partial charge >= 0.3 is 0 Å². The minimum atomic E-state index is -3.25. The molecule has 0 amide bonds. The lowest BCUT2D eigenvalue weighted by Gasteiger charge is -2.05.